The van der Waals surface area contributed by atoms with Crippen LogP contribution < -0.4 is 15.4 Å². The number of fused-ring (bicyclic) bond motifs is 1. The number of amides is 1. The molecular weight excluding hydrogens is 466 g/mol. The molecule has 34 heavy (non-hydrogen) atoms. The molecule has 2 atom stereocenters. The third kappa shape index (κ3) is 4.80. The maximum Gasteiger partial charge on any atom is 0.416 e. The first-order chi connectivity index (χ1) is 16.0. The van der Waals surface area contributed by atoms with Crippen molar-refractivity contribution in [3.63, 3.8) is 0 Å². The third-order valence-corrected chi connectivity index (χ3v) is 5.39. The van der Waals surface area contributed by atoms with Crippen molar-refractivity contribution < 1.29 is 35.9 Å². The smallest absolute Gasteiger partial charge is 0.416 e. The average Bonchev–Trinajstić information content (AvgIpc) is 3.22. The van der Waals surface area contributed by atoms with Gasteiger partial charge in [0, 0.05) is 18.2 Å². The number of nitrogens with zero attached hydrogens (tertiary/aromatic N) is 2. The Balaban J connectivity index is 1.61. The number of hydrogen-bond acceptors (Lipinski definition) is 4. The van der Waals surface area contributed by atoms with Gasteiger partial charge in [-0.1, -0.05) is 18.2 Å². The summed E-state index contributed by atoms with van der Waals surface area (Å²) in [7, 11) is 1.47. The molecule has 0 aliphatic carbocycles. The Labute approximate surface area is 189 Å². The lowest BCUT2D eigenvalue weighted by molar-refractivity contribution is -0.173. The standard InChI is InChI=1S/C22H18F6N4O2/c1-34-15-7-5-12(6-8-15)16-10-18(22(26,27)28)32-19(30-16)11-17(31-32)20(33)29-14-4-2-3-13(9-14)21(23,24)25/h2-9,11,16,18,30H,10H2,1H3,(H,29,33)/t16-,18+/m1/s1. The van der Waals surface area contributed by atoms with Gasteiger partial charge in [0.1, 0.15) is 11.6 Å². The molecule has 180 valence electrons. The second kappa shape index (κ2) is 8.58. The van der Waals surface area contributed by atoms with Crippen molar-refractivity contribution in [1.82, 2.24) is 9.78 Å². The van der Waals surface area contributed by atoms with Gasteiger partial charge < -0.3 is 15.4 Å². The molecule has 0 radical (unpaired) electrons. The zero-order valence-corrected chi connectivity index (χ0v) is 17.5. The molecular formula is C22H18F6N4O2. The summed E-state index contributed by atoms with van der Waals surface area (Å²) in [5.41, 5.74) is -0.931. The lowest BCUT2D eigenvalue weighted by Gasteiger charge is -2.33. The van der Waals surface area contributed by atoms with Gasteiger partial charge >= 0.3 is 12.4 Å². The highest BCUT2D eigenvalue weighted by atomic mass is 19.4. The normalized spacial score (nSPS) is 18.1. The molecule has 6 nitrogen and oxygen atoms in total. The van der Waals surface area contributed by atoms with Crippen molar-refractivity contribution in [1.29, 1.82) is 0 Å². The number of anilines is 2. The fourth-order valence-electron chi connectivity index (χ4n) is 3.71. The number of halogens is 6. The number of benzene rings is 2. The third-order valence-electron chi connectivity index (χ3n) is 5.39. The van der Waals surface area contributed by atoms with E-state index in [1.54, 1.807) is 24.3 Å². The number of hydrogen-bond donors (Lipinski definition) is 2. The fraction of sp³-hybridized carbons (Fsp3) is 0.273. The van der Waals surface area contributed by atoms with E-state index < -0.39 is 35.9 Å². The molecule has 1 aliphatic heterocycles. The first-order valence-corrected chi connectivity index (χ1v) is 10.0. The van der Waals surface area contributed by atoms with E-state index in [9.17, 15) is 31.1 Å². The Morgan fingerprint density at radius 2 is 1.79 bits per heavy atom. The van der Waals surface area contributed by atoms with Gasteiger partial charge in [0.05, 0.1) is 18.7 Å². The van der Waals surface area contributed by atoms with Crippen molar-refractivity contribution in [3.05, 3.63) is 71.4 Å². The first-order valence-electron chi connectivity index (χ1n) is 10.0. The van der Waals surface area contributed by atoms with E-state index in [0.717, 1.165) is 24.3 Å². The van der Waals surface area contributed by atoms with Crippen molar-refractivity contribution in [2.24, 2.45) is 0 Å². The van der Waals surface area contributed by atoms with Crippen LogP contribution in [-0.4, -0.2) is 29.0 Å². The summed E-state index contributed by atoms with van der Waals surface area (Å²) in [5.74, 6) is -0.431. The van der Waals surface area contributed by atoms with Gasteiger partial charge in [-0.3, -0.25) is 4.79 Å². The Kier molecular flexibility index (Phi) is 5.92. The van der Waals surface area contributed by atoms with Gasteiger partial charge in [0.2, 0.25) is 0 Å². The summed E-state index contributed by atoms with van der Waals surface area (Å²) in [4.78, 5) is 12.6. The van der Waals surface area contributed by atoms with E-state index >= 15 is 0 Å². The fourth-order valence-corrected chi connectivity index (χ4v) is 3.71. The number of aromatic nitrogens is 2. The number of nitrogens with one attached hydrogen (secondary N) is 2. The zero-order valence-electron chi connectivity index (χ0n) is 17.5. The van der Waals surface area contributed by atoms with Crippen LogP contribution in [0.5, 0.6) is 5.75 Å². The molecule has 2 heterocycles. The number of alkyl halides is 6. The van der Waals surface area contributed by atoms with Gasteiger partial charge in [-0.15, -0.1) is 0 Å². The van der Waals surface area contributed by atoms with Crippen LogP contribution in [0.3, 0.4) is 0 Å². The monoisotopic (exact) mass is 484 g/mol. The molecule has 0 spiro atoms. The van der Waals surface area contributed by atoms with E-state index in [-0.39, 0.29) is 23.6 Å². The summed E-state index contributed by atoms with van der Waals surface area (Å²) in [6, 6.07) is 8.83. The molecule has 1 aliphatic rings. The topological polar surface area (TPSA) is 68.2 Å². The van der Waals surface area contributed by atoms with Crippen LogP contribution >= 0.6 is 0 Å². The minimum atomic E-state index is -4.65. The predicted molar refractivity (Wildman–Crippen MR) is 111 cm³/mol. The summed E-state index contributed by atoms with van der Waals surface area (Å²) in [5, 5.41) is 9.00. The van der Waals surface area contributed by atoms with Crippen LogP contribution in [0.25, 0.3) is 0 Å². The van der Waals surface area contributed by atoms with Crippen LogP contribution in [0.1, 0.15) is 40.1 Å². The largest absolute Gasteiger partial charge is 0.497 e. The molecule has 0 saturated heterocycles. The second-order valence-electron chi connectivity index (χ2n) is 7.66. The Morgan fingerprint density at radius 3 is 2.41 bits per heavy atom. The molecule has 1 aromatic heterocycles. The Hall–Kier alpha value is -3.70. The van der Waals surface area contributed by atoms with Crippen molar-refractivity contribution in [3.8, 4) is 5.75 Å². The zero-order chi connectivity index (χ0) is 24.7. The van der Waals surface area contributed by atoms with E-state index in [1.807, 2.05) is 0 Å². The molecule has 0 fully saturated rings. The summed E-state index contributed by atoms with van der Waals surface area (Å²) < 4.78 is 85.9. The van der Waals surface area contributed by atoms with Crippen LogP contribution in [-0.2, 0) is 6.18 Å². The van der Waals surface area contributed by atoms with E-state index in [2.05, 4.69) is 15.7 Å². The van der Waals surface area contributed by atoms with E-state index in [4.69, 9.17) is 4.74 Å². The van der Waals surface area contributed by atoms with Crippen LogP contribution in [0, 0.1) is 0 Å². The van der Waals surface area contributed by atoms with Gasteiger partial charge in [-0.25, -0.2) is 4.68 Å². The molecule has 2 N–H and O–H groups in total. The number of carbonyl (C=O) groups is 1. The molecule has 2 aromatic carbocycles. The number of rotatable bonds is 4. The molecule has 0 bridgehead atoms. The lowest BCUT2D eigenvalue weighted by Crippen LogP contribution is -2.35. The molecule has 0 saturated carbocycles. The molecule has 12 heteroatoms. The Morgan fingerprint density at radius 1 is 1.09 bits per heavy atom. The quantitative estimate of drug-likeness (QED) is 0.458. The van der Waals surface area contributed by atoms with Crippen molar-refractivity contribution in [2.45, 2.75) is 30.9 Å². The second-order valence-corrected chi connectivity index (χ2v) is 7.66. The summed E-state index contributed by atoms with van der Waals surface area (Å²) in [6.45, 7) is 0. The predicted octanol–water partition coefficient (Wildman–Crippen LogP) is 5.82. The van der Waals surface area contributed by atoms with Gasteiger partial charge in [-0.05, 0) is 35.9 Å². The molecule has 4 rings (SSSR count). The summed E-state index contributed by atoms with van der Waals surface area (Å²) >= 11 is 0. The van der Waals surface area contributed by atoms with Crippen molar-refractivity contribution in [2.75, 3.05) is 17.7 Å². The number of ether oxygens (including phenoxy) is 1. The molecule has 1 amide bonds. The maximum atomic E-state index is 13.8. The SMILES string of the molecule is COc1ccc([C@H]2C[C@@H](C(F)(F)F)n3nc(C(=O)Nc4cccc(C(F)(F)F)c4)cc3N2)cc1. The van der Waals surface area contributed by atoms with Crippen LogP contribution in [0.4, 0.5) is 37.8 Å². The highest BCUT2D eigenvalue weighted by Gasteiger charge is 2.46. The highest BCUT2D eigenvalue weighted by molar-refractivity contribution is 6.03. The molecule has 0 unspecified atom stereocenters. The minimum absolute atomic E-state index is 0.0383. The lowest BCUT2D eigenvalue weighted by atomic mass is 9.97. The van der Waals surface area contributed by atoms with E-state index in [1.165, 1.54) is 13.2 Å². The van der Waals surface area contributed by atoms with E-state index in [0.29, 0.717) is 16.0 Å². The average molecular weight is 484 g/mol. The minimum Gasteiger partial charge on any atom is -0.497 e. The van der Waals surface area contributed by atoms with Crippen LogP contribution in [0.2, 0.25) is 0 Å². The number of methoxy groups -OCH3 is 1. The number of carbonyl (C=O) groups excluding carboxylic acids is 1. The van der Waals surface area contributed by atoms with Gasteiger partial charge in [0.15, 0.2) is 11.7 Å². The van der Waals surface area contributed by atoms with Gasteiger partial charge in [-0.2, -0.15) is 31.4 Å². The summed E-state index contributed by atoms with van der Waals surface area (Å²) in [6.07, 6.45) is -9.64. The highest BCUT2D eigenvalue weighted by Crippen LogP contribution is 2.44. The maximum absolute atomic E-state index is 13.8. The van der Waals surface area contributed by atoms with Crippen LogP contribution in [0.15, 0.2) is 54.6 Å². The van der Waals surface area contributed by atoms with Crippen molar-refractivity contribution >= 4 is 17.4 Å². The molecule has 3 aromatic rings. The Bertz CT molecular complexity index is 1190. The first kappa shape index (κ1) is 23.5. The van der Waals surface area contributed by atoms with Gasteiger partial charge in [0.25, 0.3) is 5.91 Å².